The first kappa shape index (κ1) is 24.6. The minimum atomic E-state index is -3.64. The summed E-state index contributed by atoms with van der Waals surface area (Å²) in [6.07, 6.45) is 2.01. The molecule has 2 aromatic heterocycles. The van der Waals surface area contributed by atoms with Crippen molar-refractivity contribution in [2.45, 2.75) is 52.5 Å². The van der Waals surface area contributed by atoms with Crippen LogP contribution in [0.3, 0.4) is 0 Å². The molecule has 1 aromatic carbocycles. The quantitative estimate of drug-likeness (QED) is 0.313. The van der Waals surface area contributed by atoms with Crippen LogP contribution in [0.25, 0.3) is 11.2 Å². The largest absolute Gasteiger partial charge is 0.462 e. The van der Waals surface area contributed by atoms with Crippen molar-refractivity contribution < 1.29 is 23.4 Å². The number of carbonyl (C=O) groups is 1. The van der Waals surface area contributed by atoms with Gasteiger partial charge in [-0.25, -0.2) is 20.0 Å². The van der Waals surface area contributed by atoms with Crippen molar-refractivity contribution in [2.24, 2.45) is 0 Å². The molecule has 0 spiro atoms. The number of esters is 1. The number of rotatable bonds is 11. The highest BCUT2D eigenvalue weighted by molar-refractivity contribution is 7.57. The van der Waals surface area contributed by atoms with Crippen molar-refractivity contribution in [3.8, 4) is 5.75 Å². The van der Waals surface area contributed by atoms with Gasteiger partial charge >= 0.3 is 13.5 Å². The predicted octanol–water partition coefficient (Wildman–Crippen LogP) is 2.97. The third kappa shape index (κ3) is 6.74. The number of imidazole rings is 1. The Bertz CT molecular complexity index is 1120. The van der Waals surface area contributed by atoms with Crippen molar-refractivity contribution in [1.29, 1.82) is 0 Å². The summed E-state index contributed by atoms with van der Waals surface area (Å²) in [7, 11) is -3.64. The maximum absolute atomic E-state index is 13.6. The molecule has 3 N–H and O–H groups in total. The topological polar surface area (TPSA) is 143 Å². The van der Waals surface area contributed by atoms with Gasteiger partial charge in [0, 0.05) is 0 Å². The van der Waals surface area contributed by atoms with Gasteiger partial charge in [-0.05, 0) is 39.8 Å². The second-order valence-electron chi connectivity index (χ2n) is 7.85. The maximum Gasteiger partial charge on any atom is 0.342 e. The average Bonchev–Trinajstić information content (AvgIpc) is 3.16. The third-order valence-electron chi connectivity index (χ3n) is 4.50. The minimum absolute atomic E-state index is 0.272. The number of nitrogen functional groups attached to an aromatic ring is 1. The average molecular weight is 476 g/mol. The number of benzene rings is 1. The van der Waals surface area contributed by atoms with Gasteiger partial charge in [-0.15, -0.1) is 0 Å². The third-order valence-corrected chi connectivity index (χ3v) is 6.28. The van der Waals surface area contributed by atoms with Crippen LogP contribution in [-0.2, 0) is 25.4 Å². The zero-order valence-electron chi connectivity index (χ0n) is 19.0. The number of aromatic nitrogens is 4. The molecule has 0 saturated heterocycles. The molecule has 1 unspecified atom stereocenters. The number of carbonyl (C=O) groups excluding carboxylic acids is 1. The number of para-hydroxylation sites is 1. The highest BCUT2D eigenvalue weighted by Crippen LogP contribution is 2.44. The highest BCUT2D eigenvalue weighted by atomic mass is 31.2. The highest BCUT2D eigenvalue weighted by Gasteiger charge is 2.32. The Balaban J connectivity index is 1.70. The van der Waals surface area contributed by atoms with Crippen molar-refractivity contribution in [2.75, 3.05) is 12.1 Å². The van der Waals surface area contributed by atoms with E-state index in [0.717, 1.165) is 0 Å². The van der Waals surface area contributed by atoms with E-state index in [-0.39, 0.29) is 18.6 Å². The number of nitrogens with one attached hydrogen (secondary N) is 1. The Morgan fingerprint density at radius 3 is 2.58 bits per heavy atom. The summed E-state index contributed by atoms with van der Waals surface area (Å²) in [5.41, 5.74) is 6.91. The van der Waals surface area contributed by atoms with Crippen LogP contribution in [0.2, 0.25) is 0 Å². The lowest BCUT2D eigenvalue weighted by atomic mass is 10.3. The standard InChI is InChI=1S/C21H29N6O5P/c1-14(2)31-21(28)16(4)26-33(29,32-17-8-6-5-7-9-17)13-30-15(3)10-27-12-25-18-19(22)23-11-24-20(18)27/h5-9,11-12,14-16H,10,13H2,1-4H3,(H,26,29)(H2,22,23,24)/t15-,16?,33+/m1/s1. The number of anilines is 1. The van der Waals surface area contributed by atoms with Crippen molar-refractivity contribution in [3.05, 3.63) is 43.0 Å². The minimum Gasteiger partial charge on any atom is -0.462 e. The molecule has 0 aliphatic carbocycles. The normalized spacial score (nSPS) is 15.2. The number of hydrogen-bond donors (Lipinski definition) is 2. The lowest BCUT2D eigenvalue weighted by Gasteiger charge is -2.25. The smallest absolute Gasteiger partial charge is 0.342 e. The van der Waals surface area contributed by atoms with Gasteiger partial charge in [0.15, 0.2) is 11.5 Å². The molecule has 0 aliphatic rings. The molecule has 2 heterocycles. The van der Waals surface area contributed by atoms with E-state index in [4.69, 9.17) is 19.7 Å². The van der Waals surface area contributed by atoms with E-state index in [0.29, 0.717) is 29.3 Å². The lowest BCUT2D eigenvalue weighted by Crippen LogP contribution is -2.37. The summed E-state index contributed by atoms with van der Waals surface area (Å²) >= 11 is 0. The molecule has 33 heavy (non-hydrogen) atoms. The van der Waals surface area contributed by atoms with Crippen LogP contribution in [0.1, 0.15) is 27.7 Å². The molecule has 0 saturated carbocycles. The van der Waals surface area contributed by atoms with Gasteiger partial charge in [-0.1, -0.05) is 18.2 Å². The van der Waals surface area contributed by atoms with E-state index in [2.05, 4.69) is 20.0 Å². The van der Waals surface area contributed by atoms with Gasteiger partial charge in [0.25, 0.3) is 0 Å². The molecular weight excluding hydrogens is 447 g/mol. The van der Waals surface area contributed by atoms with E-state index in [1.807, 2.05) is 13.0 Å². The summed E-state index contributed by atoms with van der Waals surface area (Å²) in [5.74, 6) is 0.151. The van der Waals surface area contributed by atoms with Crippen molar-refractivity contribution >= 4 is 30.5 Å². The van der Waals surface area contributed by atoms with Crippen LogP contribution in [0, 0.1) is 0 Å². The van der Waals surface area contributed by atoms with Gasteiger partial charge < -0.3 is 24.3 Å². The second kappa shape index (κ2) is 10.7. The Morgan fingerprint density at radius 2 is 1.88 bits per heavy atom. The Hall–Kier alpha value is -3.01. The van der Waals surface area contributed by atoms with E-state index in [1.54, 1.807) is 55.9 Å². The molecular formula is C21H29N6O5P. The molecule has 3 rings (SSSR count). The SMILES string of the molecule is CC(C)OC(=O)C(C)N[P@](=O)(CO[C@H](C)Cn1cnc2c(N)ncnc21)Oc1ccccc1. The molecule has 0 fully saturated rings. The number of nitrogens with zero attached hydrogens (tertiary/aromatic N) is 4. The van der Waals surface area contributed by atoms with Crippen molar-refractivity contribution in [3.63, 3.8) is 0 Å². The number of ether oxygens (including phenoxy) is 2. The summed E-state index contributed by atoms with van der Waals surface area (Å²) in [5, 5.41) is 2.78. The number of fused-ring (bicyclic) bond motifs is 1. The molecule has 178 valence electrons. The van der Waals surface area contributed by atoms with Crippen LogP contribution >= 0.6 is 7.52 Å². The monoisotopic (exact) mass is 476 g/mol. The van der Waals surface area contributed by atoms with Crippen molar-refractivity contribution in [1.82, 2.24) is 24.6 Å². The molecule has 0 aliphatic heterocycles. The molecule has 11 nitrogen and oxygen atoms in total. The maximum atomic E-state index is 13.6. The molecule has 3 atom stereocenters. The zero-order chi connectivity index (χ0) is 24.0. The van der Waals surface area contributed by atoms with E-state index in [1.165, 1.54) is 6.33 Å². The first-order valence-corrected chi connectivity index (χ1v) is 12.3. The summed E-state index contributed by atoms with van der Waals surface area (Å²) in [4.78, 5) is 24.6. The Labute approximate surface area is 192 Å². The van der Waals surface area contributed by atoms with Crippen LogP contribution in [-0.4, -0.2) is 50.1 Å². The van der Waals surface area contributed by atoms with E-state index < -0.39 is 19.5 Å². The van der Waals surface area contributed by atoms with Gasteiger partial charge in [-0.2, -0.15) is 0 Å². The predicted molar refractivity (Wildman–Crippen MR) is 124 cm³/mol. The Morgan fingerprint density at radius 1 is 1.15 bits per heavy atom. The first-order chi connectivity index (χ1) is 15.7. The van der Waals surface area contributed by atoms with Gasteiger partial charge in [-0.3, -0.25) is 9.36 Å². The van der Waals surface area contributed by atoms with Crippen LogP contribution in [0.15, 0.2) is 43.0 Å². The molecule has 0 amide bonds. The molecule has 3 aromatic rings. The molecule has 12 heteroatoms. The number of nitrogens with two attached hydrogens (primary N) is 1. The molecule has 0 bridgehead atoms. The zero-order valence-corrected chi connectivity index (χ0v) is 19.9. The summed E-state index contributed by atoms with van der Waals surface area (Å²) in [6, 6.07) is 7.83. The fourth-order valence-electron chi connectivity index (χ4n) is 3.01. The lowest BCUT2D eigenvalue weighted by molar-refractivity contribution is -0.149. The molecule has 0 radical (unpaired) electrons. The second-order valence-corrected chi connectivity index (χ2v) is 9.89. The van der Waals surface area contributed by atoms with Crippen LogP contribution in [0.5, 0.6) is 5.75 Å². The van der Waals surface area contributed by atoms with E-state index >= 15 is 0 Å². The summed E-state index contributed by atoms with van der Waals surface area (Å²) < 4.78 is 32.2. The summed E-state index contributed by atoms with van der Waals surface area (Å²) in [6.45, 7) is 7.25. The number of hydrogen-bond acceptors (Lipinski definition) is 9. The van der Waals surface area contributed by atoms with Crippen LogP contribution < -0.4 is 15.3 Å². The van der Waals surface area contributed by atoms with Gasteiger partial charge in [0.2, 0.25) is 0 Å². The Kier molecular flexibility index (Phi) is 8.01. The van der Waals surface area contributed by atoms with E-state index in [9.17, 15) is 9.36 Å². The van der Waals surface area contributed by atoms with Gasteiger partial charge in [0.05, 0.1) is 25.1 Å². The van der Waals surface area contributed by atoms with Crippen LogP contribution in [0.4, 0.5) is 5.82 Å². The fourth-order valence-corrected chi connectivity index (χ4v) is 4.80. The fraction of sp³-hybridized carbons (Fsp3) is 0.429. The van der Waals surface area contributed by atoms with Gasteiger partial charge in [0.1, 0.15) is 30.0 Å². The first-order valence-electron chi connectivity index (χ1n) is 10.5.